The summed E-state index contributed by atoms with van der Waals surface area (Å²) in [5.41, 5.74) is 0. The molecule has 4 nitrogen and oxygen atoms in total. The van der Waals surface area contributed by atoms with Crippen LogP contribution in [0.25, 0.3) is 0 Å². The molecule has 8 heteroatoms. The predicted molar refractivity (Wildman–Crippen MR) is 87.1 cm³/mol. The topological polar surface area (TPSA) is 49.4 Å². The largest absolute Gasteiger partial charge is 0.320 e. The summed E-state index contributed by atoms with van der Waals surface area (Å²) in [7, 11) is -1.44. The van der Waals surface area contributed by atoms with E-state index in [9.17, 15) is 8.42 Å². The average molecular weight is 402 g/mol. The first-order valence-electron chi connectivity index (χ1n) is 6.54. The Balaban J connectivity index is 2.02. The van der Waals surface area contributed by atoms with Gasteiger partial charge in [0.05, 0.1) is 8.81 Å². The first-order valence-corrected chi connectivity index (χ1v) is 9.97. The molecule has 0 aromatic carbocycles. The summed E-state index contributed by atoms with van der Waals surface area (Å²) in [5.74, 6) is 0.618. The molecule has 1 N–H and O–H groups in total. The third-order valence-corrected chi connectivity index (χ3v) is 8.42. The molecule has 0 radical (unpaired) electrons. The lowest BCUT2D eigenvalue weighted by Crippen LogP contribution is -2.38. The van der Waals surface area contributed by atoms with Gasteiger partial charge in [0.2, 0.25) is 0 Å². The Kier molecular flexibility index (Phi) is 5.90. The Hall–Kier alpha value is 0.340. The number of hydrogen-bond acceptors (Lipinski definition) is 4. The first-order chi connectivity index (χ1) is 9.45. The van der Waals surface area contributed by atoms with Crippen LogP contribution in [0.15, 0.2) is 14.1 Å². The van der Waals surface area contributed by atoms with Crippen molar-refractivity contribution in [1.82, 2.24) is 9.62 Å². The molecule has 0 atom stereocenters. The quantitative estimate of drug-likeness (QED) is 0.824. The van der Waals surface area contributed by atoms with Crippen LogP contribution in [0.4, 0.5) is 0 Å². The summed E-state index contributed by atoms with van der Waals surface area (Å²) in [4.78, 5) is 0. The Morgan fingerprint density at radius 2 is 2.15 bits per heavy atom. The Bertz CT molecular complexity index is 534. The van der Waals surface area contributed by atoms with Gasteiger partial charge in [-0.25, -0.2) is 8.42 Å². The van der Waals surface area contributed by atoms with E-state index in [1.54, 1.807) is 4.31 Å². The fourth-order valence-electron chi connectivity index (χ4n) is 2.37. The summed E-state index contributed by atoms with van der Waals surface area (Å²) < 4.78 is 27.6. The van der Waals surface area contributed by atoms with E-state index in [-0.39, 0.29) is 0 Å². The van der Waals surface area contributed by atoms with Gasteiger partial charge in [0.15, 0.2) is 0 Å². The highest BCUT2D eigenvalue weighted by Gasteiger charge is 2.30. The number of nitrogens with one attached hydrogen (secondary N) is 1. The van der Waals surface area contributed by atoms with Gasteiger partial charge in [-0.1, -0.05) is 11.6 Å². The molecule has 1 aromatic heterocycles. The van der Waals surface area contributed by atoms with Crippen molar-refractivity contribution in [2.75, 3.05) is 26.7 Å². The van der Waals surface area contributed by atoms with Gasteiger partial charge < -0.3 is 5.32 Å². The summed E-state index contributed by atoms with van der Waals surface area (Å²) >= 11 is 10.4. The monoisotopic (exact) mass is 400 g/mol. The molecule has 114 valence electrons. The second-order valence-electron chi connectivity index (χ2n) is 4.93. The minimum atomic E-state index is -3.39. The molecule has 2 heterocycles. The van der Waals surface area contributed by atoms with Crippen molar-refractivity contribution in [2.24, 2.45) is 5.92 Å². The Morgan fingerprint density at radius 3 is 2.65 bits per heavy atom. The molecule has 1 aromatic rings. The van der Waals surface area contributed by atoms with Gasteiger partial charge in [-0.15, -0.1) is 11.3 Å². The molecule has 0 unspecified atom stereocenters. The first kappa shape index (κ1) is 16.7. The van der Waals surface area contributed by atoms with Gasteiger partial charge in [-0.05, 0) is 60.8 Å². The van der Waals surface area contributed by atoms with Crippen LogP contribution >= 0.6 is 38.9 Å². The van der Waals surface area contributed by atoms with E-state index in [0.29, 0.717) is 32.0 Å². The van der Waals surface area contributed by atoms with E-state index in [2.05, 4.69) is 21.2 Å². The molecular formula is C12H18BrClN2O2S2. The summed E-state index contributed by atoms with van der Waals surface area (Å²) in [5, 5.41) is 3.60. The summed E-state index contributed by atoms with van der Waals surface area (Å²) in [6, 6.07) is 1.53. The van der Waals surface area contributed by atoms with Crippen molar-refractivity contribution in [3.8, 4) is 0 Å². The summed E-state index contributed by atoms with van der Waals surface area (Å²) in [6.07, 6.45) is 2.98. The van der Waals surface area contributed by atoms with Gasteiger partial charge >= 0.3 is 0 Å². The maximum atomic E-state index is 12.5. The zero-order valence-corrected chi connectivity index (χ0v) is 15.2. The van der Waals surface area contributed by atoms with Crippen LogP contribution in [0.5, 0.6) is 0 Å². The lowest BCUT2D eigenvalue weighted by Gasteiger charge is -2.30. The summed E-state index contributed by atoms with van der Waals surface area (Å²) in [6.45, 7) is 2.19. The third-order valence-electron chi connectivity index (χ3n) is 3.59. The molecule has 20 heavy (non-hydrogen) atoms. The van der Waals surface area contributed by atoms with Gasteiger partial charge in [-0.2, -0.15) is 4.31 Å². The number of sulfonamides is 1. The smallest absolute Gasteiger partial charge is 0.252 e. The lowest BCUT2D eigenvalue weighted by atomic mass is 9.95. The van der Waals surface area contributed by atoms with Gasteiger partial charge in [-0.3, -0.25) is 0 Å². The Morgan fingerprint density at radius 1 is 1.50 bits per heavy atom. The van der Waals surface area contributed by atoms with Crippen molar-refractivity contribution in [3.05, 3.63) is 14.9 Å². The fourth-order valence-corrected chi connectivity index (χ4v) is 6.39. The van der Waals surface area contributed by atoms with Crippen molar-refractivity contribution in [1.29, 1.82) is 0 Å². The maximum Gasteiger partial charge on any atom is 0.252 e. The number of hydrogen-bond donors (Lipinski definition) is 1. The number of rotatable bonds is 5. The number of thiophene rings is 1. The number of piperidine rings is 1. The molecule has 1 aliphatic heterocycles. The molecular weight excluding hydrogens is 384 g/mol. The van der Waals surface area contributed by atoms with Crippen LogP contribution in [-0.2, 0) is 10.0 Å². The molecule has 1 fully saturated rings. The normalized spacial score (nSPS) is 18.6. The maximum absolute atomic E-state index is 12.5. The highest BCUT2D eigenvalue weighted by molar-refractivity contribution is 9.11. The third kappa shape index (κ3) is 3.75. The second kappa shape index (κ2) is 7.07. The number of halogens is 2. The molecule has 0 bridgehead atoms. The van der Waals surface area contributed by atoms with Crippen molar-refractivity contribution >= 4 is 48.9 Å². The van der Waals surface area contributed by atoms with Crippen LogP contribution in [0.2, 0.25) is 5.02 Å². The zero-order valence-electron chi connectivity index (χ0n) is 11.2. The fraction of sp³-hybridized carbons (Fsp3) is 0.667. The Labute approximate surface area is 137 Å². The molecule has 0 spiro atoms. The van der Waals surface area contributed by atoms with Crippen molar-refractivity contribution in [2.45, 2.75) is 23.5 Å². The van der Waals surface area contributed by atoms with Gasteiger partial charge in [0.25, 0.3) is 10.0 Å². The lowest BCUT2D eigenvalue weighted by molar-refractivity contribution is 0.263. The molecule has 0 saturated carbocycles. The molecule has 1 saturated heterocycles. The molecule has 0 amide bonds. The van der Waals surface area contributed by atoms with E-state index < -0.39 is 10.0 Å². The van der Waals surface area contributed by atoms with Crippen LogP contribution in [0, 0.1) is 5.92 Å². The van der Waals surface area contributed by atoms with Crippen LogP contribution < -0.4 is 5.32 Å². The standard InChI is InChI=1S/C12H18BrClN2O2S2/c1-15-5-2-9-3-6-16(7-4-9)20(17,18)11-8-10(14)12(13)19-11/h8-9,15H,2-7H2,1H3. The highest BCUT2D eigenvalue weighted by atomic mass is 79.9. The second-order valence-corrected chi connectivity index (χ2v) is 9.87. The van der Waals surface area contributed by atoms with Crippen molar-refractivity contribution < 1.29 is 8.42 Å². The minimum absolute atomic E-state index is 0.322. The molecule has 2 rings (SSSR count). The van der Waals surface area contributed by atoms with Gasteiger partial charge in [0.1, 0.15) is 4.21 Å². The van der Waals surface area contributed by atoms with Crippen molar-refractivity contribution in [3.63, 3.8) is 0 Å². The van der Waals surface area contributed by atoms with E-state index >= 15 is 0 Å². The van der Waals surface area contributed by atoms with E-state index in [1.807, 2.05) is 7.05 Å². The average Bonchev–Trinajstić information content (AvgIpc) is 2.77. The van der Waals surface area contributed by atoms with E-state index in [0.717, 1.165) is 25.8 Å². The van der Waals surface area contributed by atoms with Crippen LogP contribution in [0.1, 0.15) is 19.3 Å². The van der Waals surface area contributed by atoms with E-state index in [4.69, 9.17) is 11.6 Å². The SMILES string of the molecule is CNCCC1CCN(S(=O)(=O)c2cc(Cl)c(Br)s2)CC1. The zero-order chi connectivity index (χ0) is 14.8. The van der Waals surface area contributed by atoms with Crippen LogP contribution in [0.3, 0.4) is 0 Å². The minimum Gasteiger partial charge on any atom is -0.320 e. The predicted octanol–water partition coefficient (Wildman–Crippen LogP) is 3.17. The van der Waals surface area contributed by atoms with E-state index in [1.165, 1.54) is 17.4 Å². The highest BCUT2D eigenvalue weighted by Crippen LogP contribution is 2.36. The number of nitrogens with zero attached hydrogens (tertiary/aromatic N) is 1. The van der Waals surface area contributed by atoms with Crippen LogP contribution in [-0.4, -0.2) is 39.4 Å². The molecule has 0 aliphatic carbocycles. The molecule has 1 aliphatic rings. The van der Waals surface area contributed by atoms with Gasteiger partial charge in [0, 0.05) is 13.1 Å².